The van der Waals surface area contributed by atoms with Crippen molar-refractivity contribution in [3.05, 3.63) is 9.98 Å². The van der Waals surface area contributed by atoms with Gasteiger partial charge >= 0.3 is 6.03 Å². The van der Waals surface area contributed by atoms with Crippen LogP contribution in [0.4, 0.5) is 9.93 Å². The van der Waals surface area contributed by atoms with Crippen molar-refractivity contribution in [2.75, 3.05) is 18.4 Å². The molecule has 1 aromatic rings. The van der Waals surface area contributed by atoms with E-state index in [9.17, 15) is 4.79 Å². The molecule has 0 atom stereocenters. The van der Waals surface area contributed by atoms with Crippen molar-refractivity contribution in [2.24, 2.45) is 0 Å². The van der Waals surface area contributed by atoms with Crippen molar-refractivity contribution in [1.82, 2.24) is 9.88 Å². The summed E-state index contributed by atoms with van der Waals surface area (Å²) in [6.07, 6.45) is 1.67. The van der Waals surface area contributed by atoms with E-state index in [1.54, 1.807) is 11.1 Å². The van der Waals surface area contributed by atoms with Crippen molar-refractivity contribution in [3.8, 4) is 0 Å². The summed E-state index contributed by atoms with van der Waals surface area (Å²) in [5.74, 6) is 0. The van der Waals surface area contributed by atoms with Gasteiger partial charge in [0.1, 0.15) is 0 Å². The molecule has 0 unspecified atom stereocenters. The van der Waals surface area contributed by atoms with Crippen molar-refractivity contribution >= 4 is 38.4 Å². The average molecular weight is 278 g/mol. The lowest BCUT2D eigenvalue weighted by atomic mass is 10.5. The summed E-state index contributed by atoms with van der Waals surface area (Å²) < 4.78 is 0.910. The highest BCUT2D eigenvalue weighted by atomic mass is 79.9. The maximum atomic E-state index is 11.6. The largest absolute Gasteiger partial charge is 0.325 e. The summed E-state index contributed by atoms with van der Waals surface area (Å²) in [6.45, 7) is 5.30. The van der Waals surface area contributed by atoms with Gasteiger partial charge in [0, 0.05) is 13.1 Å². The summed E-state index contributed by atoms with van der Waals surface area (Å²) in [4.78, 5) is 17.3. The fourth-order valence-electron chi connectivity index (χ4n) is 0.994. The Kier molecular flexibility index (Phi) is 4.34. The summed E-state index contributed by atoms with van der Waals surface area (Å²) >= 11 is 4.69. The number of hydrogen-bond donors (Lipinski definition) is 1. The first-order chi connectivity index (χ1) is 6.67. The Morgan fingerprint density at radius 1 is 1.64 bits per heavy atom. The predicted octanol–water partition coefficient (Wildman–Crippen LogP) is 2.78. The van der Waals surface area contributed by atoms with Crippen LogP contribution in [-0.4, -0.2) is 29.0 Å². The van der Waals surface area contributed by atoms with E-state index in [4.69, 9.17) is 0 Å². The van der Waals surface area contributed by atoms with Crippen LogP contribution in [0.3, 0.4) is 0 Å². The number of carbonyl (C=O) groups is 1. The molecule has 0 radical (unpaired) electrons. The molecule has 4 nitrogen and oxygen atoms in total. The van der Waals surface area contributed by atoms with E-state index in [-0.39, 0.29) is 6.03 Å². The Bertz CT molecular complexity index is 311. The summed E-state index contributed by atoms with van der Waals surface area (Å²) in [6, 6.07) is -0.100. The molecule has 1 N–H and O–H groups in total. The second-order valence-corrected chi connectivity index (χ2v) is 4.98. The second kappa shape index (κ2) is 5.31. The third-order valence-corrected chi connectivity index (χ3v) is 3.13. The average Bonchev–Trinajstić information content (AvgIpc) is 2.53. The van der Waals surface area contributed by atoms with Gasteiger partial charge in [-0.2, -0.15) is 0 Å². The first kappa shape index (κ1) is 11.5. The van der Waals surface area contributed by atoms with Gasteiger partial charge in [0.25, 0.3) is 0 Å². The number of rotatable bonds is 3. The lowest BCUT2D eigenvalue weighted by molar-refractivity contribution is 0.217. The van der Waals surface area contributed by atoms with Gasteiger partial charge in [0.15, 0.2) is 5.13 Å². The van der Waals surface area contributed by atoms with Crippen LogP contribution in [-0.2, 0) is 0 Å². The molecular formula is C8H12BrN3OS. The molecule has 0 spiro atoms. The van der Waals surface area contributed by atoms with Crippen LogP contribution in [0.25, 0.3) is 0 Å². The van der Waals surface area contributed by atoms with E-state index in [1.807, 2.05) is 13.8 Å². The summed E-state index contributed by atoms with van der Waals surface area (Å²) in [5.41, 5.74) is 0. The van der Waals surface area contributed by atoms with Gasteiger partial charge in [-0.15, -0.1) is 0 Å². The number of amides is 2. The molecule has 1 rings (SSSR count). The molecule has 0 bridgehead atoms. The zero-order valence-electron chi connectivity index (χ0n) is 8.08. The number of nitrogens with zero attached hydrogens (tertiary/aromatic N) is 2. The van der Waals surface area contributed by atoms with Gasteiger partial charge in [0.05, 0.1) is 9.98 Å². The minimum atomic E-state index is -0.100. The third kappa shape index (κ3) is 2.95. The molecule has 0 saturated carbocycles. The molecule has 0 fully saturated rings. The predicted molar refractivity (Wildman–Crippen MR) is 61.8 cm³/mol. The van der Waals surface area contributed by atoms with E-state index < -0.39 is 0 Å². The molecule has 78 valence electrons. The molecule has 2 amide bonds. The van der Waals surface area contributed by atoms with Crippen LogP contribution < -0.4 is 5.32 Å². The highest BCUT2D eigenvalue weighted by Gasteiger charge is 2.10. The molecule has 0 aliphatic carbocycles. The Morgan fingerprint density at radius 3 is 2.71 bits per heavy atom. The molecule has 0 aliphatic heterocycles. The molecule has 6 heteroatoms. The molecule has 1 aromatic heterocycles. The first-order valence-electron chi connectivity index (χ1n) is 4.34. The number of thiazole rings is 1. The van der Waals surface area contributed by atoms with Crippen LogP contribution in [0.1, 0.15) is 13.8 Å². The fourth-order valence-corrected chi connectivity index (χ4v) is 2.09. The molecule has 1 heterocycles. The van der Waals surface area contributed by atoms with Gasteiger partial charge < -0.3 is 4.90 Å². The van der Waals surface area contributed by atoms with E-state index in [0.717, 1.165) is 3.79 Å². The van der Waals surface area contributed by atoms with Crippen LogP contribution in [0.5, 0.6) is 0 Å². The van der Waals surface area contributed by atoms with Gasteiger partial charge in [-0.25, -0.2) is 9.78 Å². The zero-order valence-corrected chi connectivity index (χ0v) is 10.5. The van der Waals surface area contributed by atoms with E-state index in [1.165, 1.54) is 11.3 Å². The minimum absolute atomic E-state index is 0.100. The monoisotopic (exact) mass is 277 g/mol. The lowest BCUT2D eigenvalue weighted by Gasteiger charge is -2.17. The van der Waals surface area contributed by atoms with E-state index in [0.29, 0.717) is 18.2 Å². The standard InChI is InChI=1S/C8H12BrN3OS/c1-3-12(4-2)8(13)11-7-10-5-6(9)14-7/h5H,3-4H2,1-2H3,(H,10,11,13). The third-order valence-electron chi connectivity index (χ3n) is 1.74. The van der Waals surface area contributed by atoms with Crippen LogP contribution >= 0.6 is 27.3 Å². The SMILES string of the molecule is CCN(CC)C(=O)Nc1ncc(Br)s1. The molecule has 14 heavy (non-hydrogen) atoms. The minimum Gasteiger partial charge on any atom is -0.325 e. The van der Waals surface area contributed by atoms with Crippen LogP contribution in [0.15, 0.2) is 9.98 Å². The highest BCUT2D eigenvalue weighted by Crippen LogP contribution is 2.23. The summed E-state index contributed by atoms with van der Waals surface area (Å²) in [7, 11) is 0. The van der Waals surface area contributed by atoms with Crippen molar-refractivity contribution in [1.29, 1.82) is 0 Å². The maximum absolute atomic E-state index is 11.6. The number of nitrogens with one attached hydrogen (secondary N) is 1. The van der Waals surface area contributed by atoms with Crippen molar-refractivity contribution < 1.29 is 4.79 Å². The smallest absolute Gasteiger partial charge is 0.323 e. The lowest BCUT2D eigenvalue weighted by Crippen LogP contribution is -2.34. The number of carbonyl (C=O) groups excluding carboxylic acids is 1. The molecule has 0 aliphatic rings. The molecular weight excluding hydrogens is 266 g/mol. The molecule has 0 aromatic carbocycles. The van der Waals surface area contributed by atoms with Crippen LogP contribution in [0.2, 0.25) is 0 Å². The first-order valence-corrected chi connectivity index (χ1v) is 5.95. The van der Waals surface area contributed by atoms with E-state index >= 15 is 0 Å². The quantitative estimate of drug-likeness (QED) is 0.924. The number of anilines is 1. The van der Waals surface area contributed by atoms with Gasteiger partial charge in [0.2, 0.25) is 0 Å². The van der Waals surface area contributed by atoms with Gasteiger partial charge in [-0.3, -0.25) is 5.32 Å². The zero-order chi connectivity index (χ0) is 10.6. The second-order valence-electron chi connectivity index (χ2n) is 2.57. The number of halogens is 1. The Balaban J connectivity index is 2.56. The highest BCUT2D eigenvalue weighted by molar-refractivity contribution is 9.11. The van der Waals surface area contributed by atoms with E-state index in [2.05, 4.69) is 26.2 Å². The Morgan fingerprint density at radius 2 is 2.29 bits per heavy atom. The van der Waals surface area contributed by atoms with Crippen molar-refractivity contribution in [2.45, 2.75) is 13.8 Å². The van der Waals surface area contributed by atoms with Gasteiger partial charge in [-0.05, 0) is 29.8 Å². The Labute approximate surface area is 95.5 Å². The van der Waals surface area contributed by atoms with Crippen LogP contribution in [0, 0.1) is 0 Å². The molecule has 0 saturated heterocycles. The normalized spacial score (nSPS) is 9.93. The number of hydrogen-bond acceptors (Lipinski definition) is 3. The maximum Gasteiger partial charge on any atom is 0.323 e. The fraction of sp³-hybridized carbons (Fsp3) is 0.500. The topological polar surface area (TPSA) is 45.2 Å². The van der Waals surface area contributed by atoms with Gasteiger partial charge in [-0.1, -0.05) is 11.3 Å². The number of aromatic nitrogens is 1. The van der Waals surface area contributed by atoms with Crippen molar-refractivity contribution in [3.63, 3.8) is 0 Å². The Hall–Kier alpha value is -0.620. The summed E-state index contributed by atoms with van der Waals surface area (Å²) in [5, 5.41) is 3.35. The number of urea groups is 1.